The Labute approximate surface area is 156 Å². The minimum Gasteiger partial charge on any atom is -0.353 e. The molecule has 27 heavy (non-hydrogen) atoms. The van der Waals surface area contributed by atoms with Crippen molar-refractivity contribution in [3.05, 3.63) is 58.6 Å². The fourth-order valence-electron chi connectivity index (χ4n) is 3.31. The van der Waals surface area contributed by atoms with Gasteiger partial charge in [0.05, 0.1) is 0 Å². The summed E-state index contributed by atoms with van der Waals surface area (Å²) in [6.45, 7) is 3.52. The number of alkyl halides is 1. The normalized spacial score (nSPS) is 27.5. The van der Waals surface area contributed by atoms with Crippen LogP contribution < -0.4 is 11.0 Å². The van der Waals surface area contributed by atoms with Gasteiger partial charge in [0.15, 0.2) is 18.2 Å². The lowest BCUT2D eigenvalue weighted by Crippen LogP contribution is -2.37. The number of amides is 1. The maximum atomic E-state index is 14.8. The number of benzene rings is 1. The van der Waals surface area contributed by atoms with Gasteiger partial charge in [0.1, 0.15) is 5.82 Å². The van der Waals surface area contributed by atoms with E-state index in [1.165, 1.54) is 19.4 Å². The molecule has 2 aromatic rings. The second kappa shape index (κ2) is 7.58. The van der Waals surface area contributed by atoms with Crippen LogP contribution in [0.15, 0.2) is 47.4 Å². The molecular formula is C19H22FN3O4. The molecule has 0 spiro atoms. The minimum absolute atomic E-state index is 0.0834. The molecule has 0 saturated carbocycles. The Morgan fingerprint density at radius 3 is 2.63 bits per heavy atom. The highest BCUT2D eigenvalue weighted by Crippen LogP contribution is 2.45. The number of aromatic nitrogens is 2. The van der Waals surface area contributed by atoms with Gasteiger partial charge in [-0.15, -0.1) is 0 Å². The highest BCUT2D eigenvalue weighted by molar-refractivity contribution is 6.03. The molecule has 1 amide bonds. The maximum Gasteiger partial charge on any atom is 0.351 e. The third-order valence-electron chi connectivity index (χ3n) is 4.98. The number of carbonyl (C=O) groups excluding carboxylic acids is 1. The molecular weight excluding hydrogens is 353 g/mol. The van der Waals surface area contributed by atoms with E-state index >= 15 is 0 Å². The van der Waals surface area contributed by atoms with Crippen LogP contribution >= 0.6 is 0 Å². The minimum atomic E-state index is -1.44. The second-order valence-corrected chi connectivity index (χ2v) is 6.43. The van der Waals surface area contributed by atoms with Crippen molar-refractivity contribution < 1.29 is 18.7 Å². The molecule has 0 unspecified atom stereocenters. The molecule has 1 saturated heterocycles. The lowest BCUT2D eigenvalue weighted by Gasteiger charge is -2.29. The molecule has 2 heterocycles. The second-order valence-electron chi connectivity index (χ2n) is 6.43. The van der Waals surface area contributed by atoms with Crippen molar-refractivity contribution >= 4 is 11.7 Å². The lowest BCUT2D eigenvalue weighted by molar-refractivity contribution is -0.241. The van der Waals surface area contributed by atoms with Gasteiger partial charge in [-0.25, -0.2) is 9.18 Å². The summed E-state index contributed by atoms with van der Waals surface area (Å²) >= 11 is 0. The summed E-state index contributed by atoms with van der Waals surface area (Å²) in [4.78, 5) is 28.4. The van der Waals surface area contributed by atoms with Gasteiger partial charge in [-0.1, -0.05) is 32.0 Å². The summed E-state index contributed by atoms with van der Waals surface area (Å²) in [6, 6.07) is 9.98. The van der Waals surface area contributed by atoms with E-state index in [0.717, 1.165) is 4.57 Å². The molecule has 1 N–H and O–H groups in total. The number of nitrogens with one attached hydrogen (secondary N) is 1. The first-order chi connectivity index (χ1) is 12.9. The number of methoxy groups -OCH3 is 1. The summed E-state index contributed by atoms with van der Waals surface area (Å²) in [7, 11) is 1.46. The van der Waals surface area contributed by atoms with Gasteiger partial charge in [0, 0.05) is 24.8 Å². The van der Waals surface area contributed by atoms with Crippen molar-refractivity contribution in [3.8, 4) is 0 Å². The average molecular weight is 375 g/mol. The van der Waals surface area contributed by atoms with Crippen LogP contribution in [0.2, 0.25) is 0 Å². The number of hydrogen-bond donors (Lipinski definition) is 1. The molecule has 1 aromatic carbocycles. The smallest absolute Gasteiger partial charge is 0.351 e. The van der Waals surface area contributed by atoms with Gasteiger partial charge >= 0.3 is 5.69 Å². The van der Waals surface area contributed by atoms with Gasteiger partial charge in [-0.3, -0.25) is 9.36 Å². The number of halogens is 1. The number of anilines is 1. The van der Waals surface area contributed by atoms with Crippen molar-refractivity contribution in [3.63, 3.8) is 0 Å². The Balaban J connectivity index is 1.81. The van der Waals surface area contributed by atoms with Crippen LogP contribution in [0.3, 0.4) is 0 Å². The molecule has 0 bridgehead atoms. The van der Waals surface area contributed by atoms with Crippen molar-refractivity contribution in [1.29, 1.82) is 0 Å². The van der Waals surface area contributed by atoms with E-state index in [2.05, 4.69) is 10.3 Å². The monoisotopic (exact) mass is 375 g/mol. The highest BCUT2D eigenvalue weighted by Gasteiger charge is 2.53. The van der Waals surface area contributed by atoms with Crippen LogP contribution in [0.4, 0.5) is 10.2 Å². The first-order valence-corrected chi connectivity index (χ1v) is 8.74. The summed E-state index contributed by atoms with van der Waals surface area (Å²) < 4.78 is 27.0. The molecule has 1 fully saturated rings. The van der Waals surface area contributed by atoms with E-state index in [-0.39, 0.29) is 5.82 Å². The van der Waals surface area contributed by atoms with Crippen LogP contribution in [-0.4, -0.2) is 34.5 Å². The zero-order chi connectivity index (χ0) is 19.6. The Morgan fingerprint density at radius 2 is 2.07 bits per heavy atom. The van der Waals surface area contributed by atoms with Gasteiger partial charge in [-0.05, 0) is 24.6 Å². The number of carbonyl (C=O) groups is 1. The van der Waals surface area contributed by atoms with Crippen molar-refractivity contribution in [1.82, 2.24) is 9.55 Å². The predicted molar refractivity (Wildman–Crippen MR) is 97.1 cm³/mol. The van der Waals surface area contributed by atoms with Crippen LogP contribution in [-0.2, 0) is 9.47 Å². The van der Waals surface area contributed by atoms with E-state index in [4.69, 9.17) is 9.47 Å². The van der Waals surface area contributed by atoms with E-state index in [1.54, 1.807) is 37.3 Å². The Bertz CT molecular complexity index is 867. The van der Waals surface area contributed by atoms with Gasteiger partial charge < -0.3 is 14.8 Å². The Morgan fingerprint density at radius 1 is 1.37 bits per heavy atom. The molecule has 4 atom stereocenters. The predicted octanol–water partition coefficient (Wildman–Crippen LogP) is 2.75. The molecule has 0 radical (unpaired) electrons. The maximum absolute atomic E-state index is 14.8. The van der Waals surface area contributed by atoms with Crippen molar-refractivity contribution in [2.45, 2.75) is 38.5 Å². The van der Waals surface area contributed by atoms with E-state index in [9.17, 15) is 14.0 Å². The van der Waals surface area contributed by atoms with E-state index in [0.29, 0.717) is 12.0 Å². The van der Waals surface area contributed by atoms with Crippen LogP contribution in [0.25, 0.3) is 0 Å². The molecule has 1 aliphatic rings. The third kappa shape index (κ3) is 3.50. The van der Waals surface area contributed by atoms with Crippen LogP contribution in [0, 0.1) is 5.92 Å². The number of rotatable bonds is 5. The number of nitrogens with zero attached hydrogens (tertiary/aromatic N) is 2. The third-order valence-corrected chi connectivity index (χ3v) is 4.98. The molecule has 3 rings (SSSR count). The topological polar surface area (TPSA) is 82.4 Å². The zero-order valence-corrected chi connectivity index (χ0v) is 15.4. The zero-order valence-electron chi connectivity index (χ0n) is 15.4. The standard InChI is InChI=1S/C19H22FN3O4/c1-4-19(26-3)12(2)15(20)17(27-19)23-11-10-14(22-18(23)25)21-16(24)13-8-6-5-7-9-13/h5-12,15,17H,4H2,1-3H3,(H,21,22,24,25)/t12-,15+,17+,19+/m0/s1. The molecule has 1 aromatic heterocycles. The molecule has 1 aliphatic heterocycles. The van der Waals surface area contributed by atoms with E-state index < -0.39 is 35.7 Å². The van der Waals surface area contributed by atoms with Crippen LogP contribution in [0.5, 0.6) is 0 Å². The van der Waals surface area contributed by atoms with Gasteiger partial charge in [-0.2, -0.15) is 4.98 Å². The molecule has 144 valence electrons. The SMILES string of the molecule is CC[C@@]1(OC)O[C@@H](n2ccc(NC(=O)c3ccccc3)nc2=O)[C@H](F)[C@@H]1C. The quantitative estimate of drug-likeness (QED) is 0.869. The lowest BCUT2D eigenvalue weighted by atomic mass is 9.96. The van der Waals surface area contributed by atoms with Gasteiger partial charge in [0.25, 0.3) is 5.91 Å². The van der Waals surface area contributed by atoms with Crippen molar-refractivity contribution in [2.24, 2.45) is 5.92 Å². The fourth-order valence-corrected chi connectivity index (χ4v) is 3.31. The largest absolute Gasteiger partial charge is 0.353 e. The molecule has 7 nitrogen and oxygen atoms in total. The summed E-state index contributed by atoms with van der Waals surface area (Å²) in [5.41, 5.74) is -0.281. The average Bonchev–Trinajstić information content (AvgIpc) is 2.94. The number of ether oxygens (including phenoxy) is 2. The summed E-state index contributed by atoms with van der Waals surface area (Å²) in [5.74, 6) is -1.95. The fraction of sp³-hybridized carbons (Fsp3) is 0.421. The molecule has 0 aliphatic carbocycles. The summed E-state index contributed by atoms with van der Waals surface area (Å²) in [6.07, 6.45) is -0.774. The Hall–Kier alpha value is -2.58. The molecule has 8 heteroatoms. The van der Waals surface area contributed by atoms with Crippen molar-refractivity contribution in [2.75, 3.05) is 12.4 Å². The first kappa shape index (κ1) is 19.2. The Kier molecular flexibility index (Phi) is 5.38. The summed E-state index contributed by atoms with van der Waals surface area (Å²) in [5, 5.41) is 2.55. The number of hydrogen-bond acceptors (Lipinski definition) is 5. The van der Waals surface area contributed by atoms with E-state index in [1.807, 2.05) is 6.92 Å². The highest BCUT2D eigenvalue weighted by atomic mass is 19.1. The first-order valence-electron chi connectivity index (χ1n) is 8.74. The van der Waals surface area contributed by atoms with Gasteiger partial charge in [0.2, 0.25) is 0 Å². The van der Waals surface area contributed by atoms with Crippen LogP contribution in [0.1, 0.15) is 36.9 Å².